The highest BCUT2D eigenvalue weighted by Gasteiger charge is 2.30. The molecule has 19 heavy (non-hydrogen) atoms. The minimum atomic E-state index is -0.356. The van der Waals surface area contributed by atoms with E-state index in [1.807, 2.05) is 11.8 Å². The Hall–Kier alpha value is -0.940. The summed E-state index contributed by atoms with van der Waals surface area (Å²) in [6.45, 7) is 2.64. The number of halogens is 2. The lowest BCUT2D eigenvalue weighted by molar-refractivity contribution is 0.0583. The van der Waals surface area contributed by atoms with Gasteiger partial charge < -0.3 is 10.6 Å². The molecule has 1 amide bonds. The van der Waals surface area contributed by atoms with E-state index in [-0.39, 0.29) is 23.8 Å². The van der Waals surface area contributed by atoms with E-state index in [4.69, 9.17) is 5.73 Å². The van der Waals surface area contributed by atoms with E-state index < -0.39 is 0 Å². The van der Waals surface area contributed by atoms with Crippen molar-refractivity contribution < 1.29 is 9.18 Å². The van der Waals surface area contributed by atoms with Crippen molar-refractivity contribution in [3.8, 4) is 0 Å². The molecule has 0 spiro atoms. The molecule has 1 saturated heterocycles. The van der Waals surface area contributed by atoms with E-state index in [0.29, 0.717) is 10.0 Å². The highest BCUT2D eigenvalue weighted by atomic mass is 79.9. The fraction of sp³-hybridized carbons (Fsp3) is 0.500. The highest BCUT2D eigenvalue weighted by Crippen LogP contribution is 2.25. The number of piperidine rings is 1. The van der Waals surface area contributed by atoms with Crippen LogP contribution in [0.3, 0.4) is 0 Å². The van der Waals surface area contributed by atoms with Gasteiger partial charge in [0.1, 0.15) is 5.82 Å². The quantitative estimate of drug-likeness (QED) is 0.907. The number of hydrogen-bond acceptors (Lipinski definition) is 2. The zero-order chi connectivity index (χ0) is 14.0. The number of nitrogens with two attached hydrogens (primary N) is 1. The minimum absolute atomic E-state index is 0.0523. The third kappa shape index (κ3) is 3.15. The first-order chi connectivity index (χ1) is 9.00. The van der Waals surface area contributed by atoms with E-state index in [1.54, 1.807) is 0 Å². The summed E-state index contributed by atoms with van der Waals surface area (Å²) in [7, 11) is 0. The number of hydrogen-bond donors (Lipinski definition) is 1. The van der Waals surface area contributed by atoms with Crippen LogP contribution in [0.5, 0.6) is 0 Å². The zero-order valence-corrected chi connectivity index (χ0v) is 12.5. The normalized spacial score (nSPS) is 21.3. The summed E-state index contributed by atoms with van der Waals surface area (Å²) in [5.74, 6) is -0.431. The van der Waals surface area contributed by atoms with Crippen molar-refractivity contribution in [1.29, 1.82) is 0 Å². The molecule has 0 radical (unpaired) electrons. The van der Waals surface area contributed by atoms with Crippen LogP contribution >= 0.6 is 15.9 Å². The maximum Gasteiger partial charge on any atom is 0.255 e. The summed E-state index contributed by atoms with van der Waals surface area (Å²) in [5, 5.41) is 0. The van der Waals surface area contributed by atoms with Gasteiger partial charge in [-0.3, -0.25) is 4.79 Å². The van der Waals surface area contributed by atoms with E-state index in [0.717, 1.165) is 25.8 Å². The summed E-state index contributed by atoms with van der Waals surface area (Å²) >= 11 is 3.25. The van der Waals surface area contributed by atoms with Crippen LogP contribution in [0, 0.1) is 5.82 Å². The molecule has 104 valence electrons. The highest BCUT2D eigenvalue weighted by molar-refractivity contribution is 9.10. The molecule has 1 aromatic rings. The molecule has 2 rings (SSSR count). The third-order valence-electron chi connectivity index (χ3n) is 3.58. The summed E-state index contributed by atoms with van der Waals surface area (Å²) in [6, 6.07) is 4.16. The van der Waals surface area contributed by atoms with Gasteiger partial charge in [-0.2, -0.15) is 0 Å². The fourth-order valence-corrected chi connectivity index (χ4v) is 3.09. The van der Waals surface area contributed by atoms with Gasteiger partial charge >= 0.3 is 0 Å². The molecule has 0 aromatic heterocycles. The smallest absolute Gasteiger partial charge is 0.255 e. The van der Waals surface area contributed by atoms with Crippen LogP contribution < -0.4 is 5.73 Å². The largest absolute Gasteiger partial charge is 0.334 e. The molecule has 2 unspecified atom stereocenters. The second-order valence-electron chi connectivity index (χ2n) is 5.04. The summed E-state index contributed by atoms with van der Waals surface area (Å²) in [5.41, 5.74) is 6.46. The van der Waals surface area contributed by atoms with E-state index >= 15 is 0 Å². The van der Waals surface area contributed by atoms with Crippen molar-refractivity contribution in [3.05, 3.63) is 34.1 Å². The van der Waals surface area contributed by atoms with E-state index in [2.05, 4.69) is 15.9 Å². The van der Waals surface area contributed by atoms with Gasteiger partial charge in [0.25, 0.3) is 5.91 Å². The van der Waals surface area contributed by atoms with E-state index in [9.17, 15) is 9.18 Å². The Kier molecular flexibility index (Phi) is 4.58. The van der Waals surface area contributed by atoms with E-state index in [1.165, 1.54) is 18.2 Å². The first-order valence-electron chi connectivity index (χ1n) is 6.52. The molecule has 1 fully saturated rings. The van der Waals surface area contributed by atoms with Crippen molar-refractivity contribution in [1.82, 2.24) is 4.90 Å². The number of carbonyl (C=O) groups excluding carboxylic acids is 1. The SMILES string of the molecule is CC(N)C1CCCCN1C(=O)c1ccc(F)cc1Br. The van der Waals surface area contributed by atoms with Crippen molar-refractivity contribution in [2.24, 2.45) is 5.73 Å². The molecular formula is C14H18BrFN2O. The standard InChI is InChI=1S/C14H18BrFN2O/c1-9(17)13-4-2-3-7-18(13)14(19)11-6-5-10(16)8-12(11)15/h5-6,8-9,13H,2-4,7,17H2,1H3. The molecule has 3 nitrogen and oxygen atoms in total. The van der Waals surface area contributed by atoms with Crippen molar-refractivity contribution >= 4 is 21.8 Å². The summed E-state index contributed by atoms with van der Waals surface area (Å²) in [4.78, 5) is 14.4. The van der Waals surface area contributed by atoms with Gasteiger partial charge in [-0.05, 0) is 60.3 Å². The molecule has 0 aliphatic carbocycles. The fourth-order valence-electron chi connectivity index (χ4n) is 2.57. The van der Waals surface area contributed by atoms with Crippen LogP contribution in [0.4, 0.5) is 4.39 Å². The number of likely N-dealkylation sites (tertiary alicyclic amines) is 1. The maximum atomic E-state index is 13.1. The Labute approximate surface area is 121 Å². The number of benzene rings is 1. The maximum absolute atomic E-state index is 13.1. The molecule has 0 bridgehead atoms. The second-order valence-corrected chi connectivity index (χ2v) is 5.90. The Morgan fingerprint density at radius 1 is 1.53 bits per heavy atom. The van der Waals surface area contributed by atoms with Crippen LogP contribution in [0.2, 0.25) is 0 Å². The molecule has 2 N–H and O–H groups in total. The Balaban J connectivity index is 2.26. The van der Waals surface area contributed by atoms with Crippen LogP contribution in [0.25, 0.3) is 0 Å². The van der Waals surface area contributed by atoms with Crippen LogP contribution in [-0.2, 0) is 0 Å². The van der Waals surface area contributed by atoms with Gasteiger partial charge in [0.2, 0.25) is 0 Å². The average molecular weight is 329 g/mol. The van der Waals surface area contributed by atoms with Gasteiger partial charge in [-0.25, -0.2) is 4.39 Å². The number of amides is 1. The third-order valence-corrected chi connectivity index (χ3v) is 4.23. The molecule has 5 heteroatoms. The molecule has 1 aliphatic heterocycles. The Morgan fingerprint density at radius 2 is 2.26 bits per heavy atom. The average Bonchev–Trinajstić information content (AvgIpc) is 2.38. The van der Waals surface area contributed by atoms with Crippen LogP contribution in [0.1, 0.15) is 36.5 Å². The minimum Gasteiger partial charge on any atom is -0.334 e. The molecule has 1 aliphatic rings. The first-order valence-corrected chi connectivity index (χ1v) is 7.31. The first kappa shape index (κ1) is 14.5. The molecule has 2 atom stereocenters. The topological polar surface area (TPSA) is 46.3 Å². The molecule has 0 saturated carbocycles. The Morgan fingerprint density at radius 3 is 2.89 bits per heavy atom. The van der Waals surface area contributed by atoms with Gasteiger partial charge in [-0.1, -0.05) is 0 Å². The Bertz CT molecular complexity index is 479. The van der Waals surface area contributed by atoms with Gasteiger partial charge in [0.15, 0.2) is 0 Å². The monoisotopic (exact) mass is 328 g/mol. The van der Waals surface area contributed by atoms with Crippen LogP contribution in [0.15, 0.2) is 22.7 Å². The number of nitrogens with zero attached hydrogens (tertiary/aromatic N) is 1. The number of carbonyl (C=O) groups is 1. The van der Waals surface area contributed by atoms with Crippen molar-refractivity contribution in [3.63, 3.8) is 0 Å². The molecular weight excluding hydrogens is 311 g/mol. The van der Waals surface area contributed by atoms with Gasteiger partial charge in [0.05, 0.1) is 5.56 Å². The predicted molar refractivity (Wildman–Crippen MR) is 76.4 cm³/mol. The summed E-state index contributed by atoms with van der Waals surface area (Å²) < 4.78 is 13.6. The molecule has 1 aromatic carbocycles. The van der Waals surface area contributed by atoms with Gasteiger partial charge in [0, 0.05) is 23.1 Å². The lowest BCUT2D eigenvalue weighted by atomic mass is 9.96. The summed E-state index contributed by atoms with van der Waals surface area (Å²) in [6.07, 6.45) is 3.02. The number of rotatable bonds is 2. The van der Waals surface area contributed by atoms with Crippen LogP contribution in [-0.4, -0.2) is 29.4 Å². The van der Waals surface area contributed by atoms with Crippen molar-refractivity contribution in [2.45, 2.75) is 38.3 Å². The van der Waals surface area contributed by atoms with Crippen molar-refractivity contribution in [2.75, 3.05) is 6.54 Å². The lowest BCUT2D eigenvalue weighted by Gasteiger charge is -2.38. The zero-order valence-electron chi connectivity index (χ0n) is 10.9. The van der Waals surface area contributed by atoms with Gasteiger partial charge in [-0.15, -0.1) is 0 Å². The second kappa shape index (κ2) is 6.01. The molecule has 1 heterocycles. The lowest BCUT2D eigenvalue weighted by Crippen LogP contribution is -2.51. The predicted octanol–water partition coefficient (Wildman–Crippen LogP) is 2.93.